The van der Waals surface area contributed by atoms with Crippen molar-refractivity contribution >= 4 is 0 Å². The fourth-order valence-electron chi connectivity index (χ4n) is 4.74. The summed E-state index contributed by atoms with van der Waals surface area (Å²) in [6, 6.07) is 0. The van der Waals surface area contributed by atoms with E-state index in [1.165, 1.54) is 11.1 Å². The summed E-state index contributed by atoms with van der Waals surface area (Å²) in [7, 11) is 0. The first-order valence-corrected chi connectivity index (χ1v) is 8.94. The number of fused-ring (bicyclic) bond motifs is 2. The predicted octanol–water partition coefficient (Wildman–Crippen LogP) is 4.62. The second kappa shape index (κ2) is 6.88. The highest BCUT2D eigenvalue weighted by molar-refractivity contribution is 5.10. The molecule has 2 nitrogen and oxygen atoms in total. The molecule has 1 saturated carbocycles. The van der Waals surface area contributed by atoms with Gasteiger partial charge in [-0.1, -0.05) is 31.6 Å². The standard InChI is InChI=1S/C20H34O2/c1-15-6-5-7-16(14-21)9-10-17-12-13-20(4,22)18(11-8-15)19(17,2)3/h6,9,17-18,21-22H,5,7-8,10-14H2,1-4H3. The topological polar surface area (TPSA) is 40.5 Å². The first kappa shape index (κ1) is 17.7. The molecule has 3 atom stereocenters. The molecular formula is C20H34O2. The van der Waals surface area contributed by atoms with Crippen molar-refractivity contribution in [3.05, 3.63) is 23.3 Å². The average Bonchev–Trinajstić information content (AvgIpc) is 2.42. The minimum atomic E-state index is -0.548. The molecule has 0 aliphatic heterocycles. The van der Waals surface area contributed by atoms with Gasteiger partial charge in [0.1, 0.15) is 0 Å². The molecule has 0 aromatic rings. The van der Waals surface area contributed by atoms with Crippen molar-refractivity contribution in [1.29, 1.82) is 0 Å². The van der Waals surface area contributed by atoms with Gasteiger partial charge < -0.3 is 10.2 Å². The van der Waals surface area contributed by atoms with E-state index in [1.807, 2.05) is 6.92 Å². The second-order valence-corrected chi connectivity index (χ2v) is 8.35. The lowest BCUT2D eigenvalue weighted by Gasteiger charge is -2.53. The van der Waals surface area contributed by atoms with Crippen LogP contribution >= 0.6 is 0 Å². The van der Waals surface area contributed by atoms with Gasteiger partial charge in [0.15, 0.2) is 0 Å². The van der Waals surface area contributed by atoms with E-state index in [4.69, 9.17) is 0 Å². The first-order chi connectivity index (χ1) is 10.3. The van der Waals surface area contributed by atoms with Crippen LogP contribution in [-0.4, -0.2) is 22.4 Å². The van der Waals surface area contributed by atoms with E-state index in [2.05, 4.69) is 32.9 Å². The maximum atomic E-state index is 10.9. The summed E-state index contributed by atoms with van der Waals surface area (Å²) >= 11 is 0. The first-order valence-electron chi connectivity index (χ1n) is 8.94. The molecule has 0 heterocycles. The fourth-order valence-corrected chi connectivity index (χ4v) is 4.74. The molecule has 1 fully saturated rings. The van der Waals surface area contributed by atoms with Gasteiger partial charge in [-0.15, -0.1) is 0 Å². The molecule has 0 saturated heterocycles. The number of aliphatic hydroxyl groups excluding tert-OH is 1. The van der Waals surface area contributed by atoms with Crippen LogP contribution in [-0.2, 0) is 0 Å². The quantitative estimate of drug-likeness (QED) is 0.694. The summed E-state index contributed by atoms with van der Waals surface area (Å²) in [5.41, 5.74) is 2.19. The van der Waals surface area contributed by atoms with Gasteiger partial charge in [-0.3, -0.25) is 0 Å². The van der Waals surface area contributed by atoms with Crippen LogP contribution < -0.4 is 0 Å². The molecule has 0 radical (unpaired) electrons. The van der Waals surface area contributed by atoms with Crippen LogP contribution in [0.3, 0.4) is 0 Å². The van der Waals surface area contributed by atoms with Gasteiger partial charge in [0.05, 0.1) is 12.2 Å². The molecule has 2 aliphatic rings. The van der Waals surface area contributed by atoms with E-state index in [0.717, 1.165) is 44.9 Å². The molecule has 2 rings (SSSR count). The third-order valence-electron chi connectivity index (χ3n) is 6.38. The number of allylic oxidation sites excluding steroid dienone is 3. The van der Waals surface area contributed by atoms with Crippen molar-refractivity contribution in [1.82, 2.24) is 0 Å². The Morgan fingerprint density at radius 1 is 1.14 bits per heavy atom. The van der Waals surface area contributed by atoms with Crippen molar-refractivity contribution < 1.29 is 10.2 Å². The highest BCUT2D eigenvalue weighted by Crippen LogP contribution is 2.53. The molecule has 126 valence electrons. The minimum absolute atomic E-state index is 0.137. The van der Waals surface area contributed by atoms with Crippen LogP contribution in [0, 0.1) is 17.3 Å². The molecule has 2 bridgehead atoms. The molecule has 3 unspecified atom stereocenters. The summed E-state index contributed by atoms with van der Waals surface area (Å²) in [4.78, 5) is 0. The lowest BCUT2D eigenvalue weighted by molar-refractivity contribution is -0.118. The Bertz CT molecular complexity index is 443. The van der Waals surface area contributed by atoms with Gasteiger partial charge in [0, 0.05) is 0 Å². The highest BCUT2D eigenvalue weighted by Gasteiger charge is 2.49. The Labute approximate surface area is 136 Å². The number of aliphatic hydroxyl groups is 2. The molecular weight excluding hydrogens is 272 g/mol. The molecule has 22 heavy (non-hydrogen) atoms. The van der Waals surface area contributed by atoms with Gasteiger partial charge in [0.25, 0.3) is 0 Å². The predicted molar refractivity (Wildman–Crippen MR) is 92.6 cm³/mol. The van der Waals surface area contributed by atoms with E-state index in [1.54, 1.807) is 0 Å². The van der Waals surface area contributed by atoms with Crippen LogP contribution in [0.15, 0.2) is 23.3 Å². The fraction of sp³-hybridized carbons (Fsp3) is 0.800. The molecule has 2 aliphatic carbocycles. The van der Waals surface area contributed by atoms with Gasteiger partial charge in [0.2, 0.25) is 0 Å². The Morgan fingerprint density at radius 3 is 2.55 bits per heavy atom. The van der Waals surface area contributed by atoms with Crippen LogP contribution in [0.1, 0.15) is 72.6 Å². The Morgan fingerprint density at radius 2 is 1.86 bits per heavy atom. The summed E-state index contributed by atoms with van der Waals surface area (Å²) in [5.74, 6) is 0.940. The van der Waals surface area contributed by atoms with Crippen molar-refractivity contribution in [3.63, 3.8) is 0 Å². The molecule has 0 aromatic carbocycles. The zero-order valence-corrected chi connectivity index (χ0v) is 14.9. The number of hydrogen-bond acceptors (Lipinski definition) is 2. The maximum absolute atomic E-state index is 10.9. The van der Waals surface area contributed by atoms with Gasteiger partial charge in [-0.05, 0) is 81.6 Å². The third kappa shape index (κ3) is 3.83. The Balaban J connectivity index is 2.31. The van der Waals surface area contributed by atoms with E-state index in [-0.39, 0.29) is 12.0 Å². The number of hydrogen-bond donors (Lipinski definition) is 2. The highest BCUT2D eigenvalue weighted by atomic mass is 16.3. The van der Waals surface area contributed by atoms with Gasteiger partial charge in [-0.2, -0.15) is 0 Å². The lowest BCUT2D eigenvalue weighted by atomic mass is 9.54. The Kier molecular flexibility index (Phi) is 5.55. The van der Waals surface area contributed by atoms with Crippen molar-refractivity contribution in [2.24, 2.45) is 17.3 Å². The van der Waals surface area contributed by atoms with E-state index < -0.39 is 5.60 Å². The third-order valence-corrected chi connectivity index (χ3v) is 6.38. The monoisotopic (exact) mass is 306 g/mol. The minimum Gasteiger partial charge on any atom is -0.392 e. The van der Waals surface area contributed by atoms with Gasteiger partial charge >= 0.3 is 0 Å². The lowest BCUT2D eigenvalue weighted by Crippen LogP contribution is -2.51. The van der Waals surface area contributed by atoms with Crippen LogP contribution in [0.5, 0.6) is 0 Å². The number of rotatable bonds is 1. The molecule has 2 N–H and O–H groups in total. The normalized spacial score (nSPS) is 36.6. The summed E-state index contributed by atoms with van der Waals surface area (Å²) in [6.45, 7) is 9.10. The van der Waals surface area contributed by atoms with E-state index in [9.17, 15) is 10.2 Å². The largest absolute Gasteiger partial charge is 0.392 e. The summed E-state index contributed by atoms with van der Waals surface area (Å²) < 4.78 is 0. The second-order valence-electron chi connectivity index (χ2n) is 8.35. The van der Waals surface area contributed by atoms with E-state index >= 15 is 0 Å². The van der Waals surface area contributed by atoms with Gasteiger partial charge in [-0.25, -0.2) is 0 Å². The summed E-state index contributed by atoms with van der Waals surface area (Å²) in [6.07, 6.45) is 11.8. The van der Waals surface area contributed by atoms with Crippen molar-refractivity contribution in [3.8, 4) is 0 Å². The van der Waals surface area contributed by atoms with Crippen LogP contribution in [0.2, 0.25) is 0 Å². The summed E-state index contributed by atoms with van der Waals surface area (Å²) in [5, 5.41) is 20.5. The van der Waals surface area contributed by atoms with Crippen molar-refractivity contribution in [2.75, 3.05) is 6.61 Å². The molecule has 0 spiro atoms. The zero-order chi connectivity index (χ0) is 16.4. The smallest absolute Gasteiger partial charge is 0.0653 e. The molecule has 0 amide bonds. The average molecular weight is 306 g/mol. The van der Waals surface area contributed by atoms with E-state index in [0.29, 0.717) is 11.8 Å². The van der Waals surface area contributed by atoms with Crippen molar-refractivity contribution in [2.45, 2.75) is 78.2 Å². The Hall–Kier alpha value is -0.600. The van der Waals surface area contributed by atoms with Crippen LogP contribution in [0.4, 0.5) is 0 Å². The molecule has 2 heteroatoms. The maximum Gasteiger partial charge on any atom is 0.0653 e. The zero-order valence-electron chi connectivity index (χ0n) is 14.9. The van der Waals surface area contributed by atoms with Crippen LogP contribution in [0.25, 0.3) is 0 Å². The SMILES string of the molecule is CC1=CCCC(CO)=CCC2CCC(C)(O)C(CC1)C2(C)C. The molecule has 0 aromatic heterocycles.